The molecule has 1 aliphatic rings. The summed E-state index contributed by atoms with van der Waals surface area (Å²) in [6, 6.07) is 5.77. The van der Waals surface area contributed by atoms with E-state index in [1.165, 1.54) is 9.13 Å². The van der Waals surface area contributed by atoms with Gasteiger partial charge in [-0.15, -0.1) is 0 Å². The molecule has 0 bridgehead atoms. The zero-order chi connectivity index (χ0) is 21.0. The van der Waals surface area contributed by atoms with E-state index >= 15 is 0 Å². The van der Waals surface area contributed by atoms with Gasteiger partial charge in [0, 0.05) is 30.8 Å². The average Bonchev–Trinajstić information content (AvgIpc) is 3.04. The molecule has 8 heteroatoms. The highest BCUT2D eigenvalue weighted by molar-refractivity contribution is 6.31. The van der Waals surface area contributed by atoms with E-state index in [0.717, 1.165) is 23.4 Å². The molecule has 4 rings (SSSR count). The van der Waals surface area contributed by atoms with Crippen molar-refractivity contribution in [1.82, 2.24) is 18.7 Å². The highest BCUT2D eigenvalue weighted by Crippen LogP contribution is 2.36. The van der Waals surface area contributed by atoms with E-state index < -0.39 is 0 Å². The maximum Gasteiger partial charge on any atom is 0.332 e. The maximum atomic E-state index is 13.2. The first kappa shape index (κ1) is 19.5. The average molecular weight is 414 g/mol. The molecule has 0 N–H and O–H groups in total. The third-order valence-electron chi connectivity index (χ3n) is 5.40. The number of halogens is 1. The predicted molar refractivity (Wildman–Crippen MR) is 116 cm³/mol. The van der Waals surface area contributed by atoms with Crippen LogP contribution in [-0.4, -0.2) is 25.2 Å². The Morgan fingerprint density at radius 1 is 1.31 bits per heavy atom. The van der Waals surface area contributed by atoms with Crippen molar-refractivity contribution < 1.29 is 0 Å². The second kappa shape index (κ2) is 6.91. The molecule has 2 aromatic heterocycles. The van der Waals surface area contributed by atoms with Crippen LogP contribution >= 0.6 is 11.6 Å². The molecule has 0 radical (unpaired) electrons. The topological polar surface area (TPSA) is 65.1 Å². The number of rotatable bonds is 3. The van der Waals surface area contributed by atoms with E-state index in [9.17, 15) is 9.59 Å². The molecule has 1 aromatic carbocycles. The number of hydrogen-bond donors (Lipinski definition) is 0. The van der Waals surface area contributed by atoms with Crippen LogP contribution in [0.1, 0.15) is 19.4 Å². The number of aromatic nitrogens is 4. The summed E-state index contributed by atoms with van der Waals surface area (Å²) in [5, 5.41) is 0.680. The van der Waals surface area contributed by atoms with Crippen LogP contribution in [0.4, 0.5) is 11.6 Å². The SMILES string of the molecule is C=C(C)Cn1c(=O)c2c(nc3n2C[C@@H](C)CN3c2cccc(Cl)c2C)n(C)c1=O. The van der Waals surface area contributed by atoms with Crippen LogP contribution in [0.5, 0.6) is 0 Å². The summed E-state index contributed by atoms with van der Waals surface area (Å²) in [5.41, 5.74) is 2.77. The van der Waals surface area contributed by atoms with E-state index in [2.05, 4.69) is 18.4 Å². The van der Waals surface area contributed by atoms with Gasteiger partial charge in [-0.3, -0.25) is 13.9 Å². The number of allylic oxidation sites excluding steroid dienone is 1. The summed E-state index contributed by atoms with van der Waals surface area (Å²) in [6.07, 6.45) is 0. The highest BCUT2D eigenvalue weighted by Gasteiger charge is 2.30. The Bertz CT molecular complexity index is 1270. The Morgan fingerprint density at radius 2 is 2.03 bits per heavy atom. The van der Waals surface area contributed by atoms with Crippen molar-refractivity contribution in [3.05, 3.63) is 61.8 Å². The zero-order valence-electron chi connectivity index (χ0n) is 17.1. The van der Waals surface area contributed by atoms with Gasteiger partial charge in [0.25, 0.3) is 5.56 Å². The minimum absolute atomic E-state index is 0.189. The lowest BCUT2D eigenvalue weighted by Crippen LogP contribution is -2.40. The molecule has 1 aliphatic heterocycles. The zero-order valence-corrected chi connectivity index (χ0v) is 17.8. The molecule has 152 valence electrons. The molecule has 0 spiro atoms. The Kier molecular flexibility index (Phi) is 4.65. The Hall–Kier alpha value is -2.80. The molecule has 0 fully saturated rings. The molecule has 7 nitrogen and oxygen atoms in total. The fourth-order valence-corrected chi connectivity index (χ4v) is 4.18. The number of imidazole rings is 1. The van der Waals surface area contributed by atoms with Crippen molar-refractivity contribution in [1.29, 1.82) is 0 Å². The van der Waals surface area contributed by atoms with Crippen molar-refractivity contribution in [2.45, 2.75) is 33.9 Å². The lowest BCUT2D eigenvalue weighted by molar-refractivity contribution is 0.457. The van der Waals surface area contributed by atoms with Crippen LogP contribution in [0.25, 0.3) is 11.2 Å². The molecule has 0 amide bonds. The summed E-state index contributed by atoms with van der Waals surface area (Å²) in [7, 11) is 1.65. The first-order chi connectivity index (χ1) is 13.7. The van der Waals surface area contributed by atoms with Gasteiger partial charge in [0.05, 0.1) is 6.54 Å². The fraction of sp³-hybridized carbons (Fsp3) is 0.381. The lowest BCUT2D eigenvalue weighted by Gasteiger charge is -2.34. The third kappa shape index (κ3) is 3.00. The second-order valence-electron chi connectivity index (χ2n) is 7.98. The minimum atomic E-state index is -0.389. The van der Waals surface area contributed by atoms with Crippen LogP contribution in [0.2, 0.25) is 5.02 Å². The number of anilines is 2. The van der Waals surface area contributed by atoms with Crippen molar-refractivity contribution in [3.63, 3.8) is 0 Å². The Balaban J connectivity index is 2.04. The summed E-state index contributed by atoms with van der Waals surface area (Å²) >= 11 is 6.35. The molecule has 0 aliphatic carbocycles. The number of benzene rings is 1. The number of fused-ring (bicyclic) bond motifs is 3. The lowest BCUT2D eigenvalue weighted by atomic mass is 10.1. The van der Waals surface area contributed by atoms with Gasteiger partial charge in [-0.1, -0.05) is 36.7 Å². The molecule has 3 aromatic rings. The molecule has 0 saturated heterocycles. The molecular weight excluding hydrogens is 390 g/mol. The van der Waals surface area contributed by atoms with E-state index in [-0.39, 0.29) is 23.7 Å². The Labute approximate surface area is 173 Å². The van der Waals surface area contributed by atoms with Crippen LogP contribution in [0.15, 0.2) is 39.9 Å². The Morgan fingerprint density at radius 3 is 2.72 bits per heavy atom. The largest absolute Gasteiger partial charge is 0.332 e. The number of hydrogen-bond acceptors (Lipinski definition) is 4. The molecular formula is C21H24ClN5O2. The van der Waals surface area contributed by atoms with Crippen LogP contribution in [0.3, 0.4) is 0 Å². The van der Waals surface area contributed by atoms with Crippen molar-refractivity contribution in [2.75, 3.05) is 11.4 Å². The summed E-state index contributed by atoms with van der Waals surface area (Å²) < 4.78 is 4.60. The molecule has 3 heterocycles. The predicted octanol–water partition coefficient (Wildman–Crippen LogP) is 3.22. The summed E-state index contributed by atoms with van der Waals surface area (Å²) in [6.45, 7) is 11.3. The highest BCUT2D eigenvalue weighted by atomic mass is 35.5. The molecule has 29 heavy (non-hydrogen) atoms. The van der Waals surface area contributed by atoms with Gasteiger partial charge in [0.2, 0.25) is 5.95 Å². The summed E-state index contributed by atoms with van der Waals surface area (Å²) in [4.78, 5) is 32.8. The monoisotopic (exact) mass is 413 g/mol. The van der Waals surface area contributed by atoms with Crippen molar-refractivity contribution in [2.24, 2.45) is 13.0 Å². The van der Waals surface area contributed by atoms with Crippen LogP contribution in [0, 0.1) is 12.8 Å². The van der Waals surface area contributed by atoms with Gasteiger partial charge in [-0.05, 0) is 37.5 Å². The molecule has 0 unspecified atom stereocenters. The van der Waals surface area contributed by atoms with Gasteiger partial charge in [0.1, 0.15) is 0 Å². The number of aryl methyl sites for hydroxylation is 1. The smallest absolute Gasteiger partial charge is 0.311 e. The van der Waals surface area contributed by atoms with Gasteiger partial charge < -0.3 is 9.47 Å². The first-order valence-corrected chi connectivity index (χ1v) is 9.95. The van der Waals surface area contributed by atoms with Gasteiger partial charge in [-0.25, -0.2) is 4.79 Å². The van der Waals surface area contributed by atoms with E-state index in [4.69, 9.17) is 16.6 Å². The van der Waals surface area contributed by atoms with Crippen molar-refractivity contribution in [3.8, 4) is 0 Å². The third-order valence-corrected chi connectivity index (χ3v) is 5.81. The normalized spacial score (nSPS) is 16.3. The van der Waals surface area contributed by atoms with Gasteiger partial charge >= 0.3 is 5.69 Å². The quantitative estimate of drug-likeness (QED) is 0.618. The maximum absolute atomic E-state index is 13.2. The molecule has 0 saturated carbocycles. The fourth-order valence-electron chi connectivity index (χ4n) is 4.01. The van der Waals surface area contributed by atoms with Crippen molar-refractivity contribution >= 4 is 34.4 Å². The van der Waals surface area contributed by atoms with Crippen LogP contribution < -0.4 is 16.1 Å². The van der Waals surface area contributed by atoms with Gasteiger partial charge in [0.15, 0.2) is 11.2 Å². The van der Waals surface area contributed by atoms with E-state index in [1.54, 1.807) is 14.0 Å². The van der Waals surface area contributed by atoms with Crippen LogP contribution in [-0.2, 0) is 20.1 Å². The summed E-state index contributed by atoms with van der Waals surface area (Å²) in [5.74, 6) is 0.938. The second-order valence-corrected chi connectivity index (χ2v) is 8.39. The van der Waals surface area contributed by atoms with E-state index in [1.807, 2.05) is 29.7 Å². The standard InChI is InChI=1S/C21H24ClN5O2/c1-12(2)9-27-19(28)17-18(24(5)21(27)29)23-20-25(10-13(3)11-26(17)20)16-8-6-7-15(22)14(16)4/h6-8,13H,1,9-11H2,2-5H3/t13-/m0/s1. The number of nitrogens with zero attached hydrogens (tertiary/aromatic N) is 5. The minimum Gasteiger partial charge on any atom is -0.311 e. The van der Waals surface area contributed by atoms with Gasteiger partial charge in [-0.2, -0.15) is 4.98 Å². The van der Waals surface area contributed by atoms with E-state index in [0.29, 0.717) is 28.7 Å². The molecule has 1 atom stereocenters. The first-order valence-electron chi connectivity index (χ1n) is 9.57.